The fourth-order valence-electron chi connectivity index (χ4n) is 2.73. The van der Waals surface area contributed by atoms with Gasteiger partial charge in [0.05, 0.1) is 0 Å². The lowest BCUT2D eigenvalue weighted by atomic mass is 9.72. The van der Waals surface area contributed by atoms with Crippen LogP contribution in [0.4, 0.5) is 0 Å². The smallest absolute Gasteiger partial charge is 0.0262 e. The molecule has 0 saturated heterocycles. The van der Waals surface area contributed by atoms with Gasteiger partial charge in [-0.3, -0.25) is 0 Å². The maximum absolute atomic E-state index is 3.97. The summed E-state index contributed by atoms with van der Waals surface area (Å²) in [6.07, 6.45) is 16.6. The highest BCUT2D eigenvalue weighted by Crippen LogP contribution is 2.37. The maximum atomic E-state index is 3.97. The van der Waals surface area contributed by atoms with E-state index < -0.39 is 0 Å². The summed E-state index contributed by atoms with van der Waals surface area (Å²) in [5.74, 6) is 0.608. The molecule has 0 amide bonds. The van der Waals surface area contributed by atoms with E-state index in [4.69, 9.17) is 0 Å². The van der Waals surface area contributed by atoms with Crippen molar-refractivity contribution in [1.29, 1.82) is 0 Å². The number of allylic oxidation sites excluding steroid dienone is 3. The lowest BCUT2D eigenvalue weighted by molar-refractivity contribution is 0.318. The average Bonchev–Trinajstić information content (AvgIpc) is 2.42. The quantitative estimate of drug-likeness (QED) is 0.280. The fraction of sp³-hybridized carbons (Fsp3) is 0.667. The third-order valence-corrected chi connectivity index (χ3v) is 4.17. The van der Waals surface area contributed by atoms with Crippen molar-refractivity contribution in [2.75, 3.05) is 0 Å². The molecule has 0 saturated carbocycles. The molecule has 0 bridgehead atoms. The first-order valence-electron chi connectivity index (χ1n) is 7.61. The summed E-state index contributed by atoms with van der Waals surface area (Å²) in [5.41, 5.74) is -0.0713. The van der Waals surface area contributed by atoms with E-state index in [1.54, 1.807) is 0 Å². The molecule has 0 aliphatic rings. The Hall–Kier alpha value is -0.780. The van der Waals surface area contributed by atoms with Gasteiger partial charge in [0.15, 0.2) is 0 Å². The van der Waals surface area contributed by atoms with Crippen molar-refractivity contribution >= 4 is 0 Å². The van der Waals surface area contributed by atoms with Crippen molar-refractivity contribution in [3.8, 4) is 0 Å². The Morgan fingerprint density at radius 3 is 1.78 bits per heavy atom. The van der Waals surface area contributed by atoms with Crippen molar-refractivity contribution < 1.29 is 0 Å². The second kappa shape index (κ2) is 10.2. The molecule has 104 valence electrons. The number of rotatable bonds is 12. The second-order valence-corrected chi connectivity index (χ2v) is 5.27. The first-order chi connectivity index (χ1) is 8.70. The minimum atomic E-state index is -0.0713. The van der Waals surface area contributed by atoms with Gasteiger partial charge in [0.1, 0.15) is 0 Å². The molecule has 0 aliphatic heterocycles. The molecule has 0 aliphatic carbocycles. The van der Waals surface area contributed by atoms with Gasteiger partial charge >= 0.3 is 0 Å². The molecule has 0 aromatic carbocycles. The summed E-state index contributed by atoms with van der Waals surface area (Å²) in [5, 5.41) is 0. The average molecular weight is 248 g/mol. The van der Waals surface area contributed by atoms with Gasteiger partial charge in [-0.1, -0.05) is 77.0 Å². The molecule has 18 heavy (non-hydrogen) atoms. The van der Waals surface area contributed by atoms with Crippen LogP contribution in [0.3, 0.4) is 0 Å². The van der Waals surface area contributed by atoms with Crippen molar-refractivity contribution in [3.05, 3.63) is 38.0 Å². The van der Waals surface area contributed by atoms with Crippen LogP contribution in [-0.4, -0.2) is 0 Å². The molecule has 0 N–H and O–H groups in total. The second-order valence-electron chi connectivity index (χ2n) is 5.27. The zero-order valence-electron chi connectivity index (χ0n) is 12.6. The molecular weight excluding hydrogens is 216 g/mol. The van der Waals surface area contributed by atoms with Crippen molar-refractivity contribution in [2.24, 2.45) is 11.3 Å². The third-order valence-electron chi connectivity index (χ3n) is 4.17. The lowest BCUT2D eigenvalue weighted by Gasteiger charge is -2.32. The van der Waals surface area contributed by atoms with Crippen LogP contribution in [0.5, 0.6) is 0 Å². The van der Waals surface area contributed by atoms with E-state index in [9.17, 15) is 0 Å². The molecule has 0 nitrogen and oxygen atoms in total. The summed E-state index contributed by atoms with van der Waals surface area (Å²) in [4.78, 5) is 0. The monoisotopic (exact) mass is 248 g/mol. The van der Waals surface area contributed by atoms with E-state index in [1.807, 2.05) is 18.2 Å². The van der Waals surface area contributed by atoms with Crippen LogP contribution in [-0.2, 0) is 0 Å². The fourth-order valence-corrected chi connectivity index (χ4v) is 2.73. The van der Waals surface area contributed by atoms with Crippen LogP contribution in [0.15, 0.2) is 38.0 Å². The molecule has 0 aromatic rings. The molecule has 1 unspecified atom stereocenters. The topological polar surface area (TPSA) is 0 Å². The zero-order chi connectivity index (χ0) is 13.9. The molecule has 0 heteroatoms. The Bertz CT molecular complexity index is 215. The van der Waals surface area contributed by atoms with Crippen LogP contribution in [0, 0.1) is 11.3 Å². The van der Waals surface area contributed by atoms with Gasteiger partial charge < -0.3 is 0 Å². The van der Waals surface area contributed by atoms with Crippen LogP contribution in [0.25, 0.3) is 0 Å². The van der Waals surface area contributed by atoms with E-state index in [1.165, 1.54) is 51.4 Å². The minimum absolute atomic E-state index is 0.0713. The zero-order valence-corrected chi connectivity index (χ0v) is 12.6. The molecule has 0 aromatic heterocycles. The highest BCUT2D eigenvalue weighted by atomic mass is 14.3. The predicted octanol–water partition coefficient (Wildman–Crippen LogP) is 6.31. The Kier molecular flexibility index (Phi) is 9.73. The van der Waals surface area contributed by atoms with Crippen LogP contribution in [0.1, 0.15) is 65.2 Å². The van der Waals surface area contributed by atoms with Crippen molar-refractivity contribution in [2.45, 2.75) is 65.2 Å². The van der Waals surface area contributed by atoms with Crippen LogP contribution in [0.2, 0.25) is 0 Å². The SMILES string of the molecule is C=CC(C=C)(C=C)C(CC)CCCCCCCC. The molecule has 1 atom stereocenters. The van der Waals surface area contributed by atoms with E-state index in [2.05, 4.69) is 33.6 Å². The molecule has 0 spiro atoms. The maximum Gasteiger partial charge on any atom is 0.0262 e. The molecular formula is C18H32. The standard InChI is InChI=1S/C18H32/c1-6-11-12-13-14-15-16-17(7-2)18(8-3,9-4)10-5/h8-10,17H,3-7,11-16H2,1-2H3. The van der Waals surface area contributed by atoms with Gasteiger partial charge in [-0.15, -0.1) is 19.7 Å². The van der Waals surface area contributed by atoms with Crippen LogP contribution < -0.4 is 0 Å². The Balaban J connectivity index is 4.13. The first kappa shape index (κ1) is 17.2. The van der Waals surface area contributed by atoms with E-state index in [0.29, 0.717) is 5.92 Å². The molecule has 0 radical (unpaired) electrons. The van der Waals surface area contributed by atoms with Gasteiger partial charge in [-0.2, -0.15) is 0 Å². The van der Waals surface area contributed by atoms with E-state index in [0.717, 1.165) is 0 Å². The first-order valence-corrected chi connectivity index (χ1v) is 7.61. The predicted molar refractivity (Wildman–Crippen MR) is 84.8 cm³/mol. The largest absolute Gasteiger partial charge is 0.102 e. The highest BCUT2D eigenvalue weighted by Gasteiger charge is 2.28. The van der Waals surface area contributed by atoms with Gasteiger partial charge in [-0.25, -0.2) is 0 Å². The Labute approximate surface area is 115 Å². The summed E-state index contributed by atoms with van der Waals surface area (Å²) >= 11 is 0. The number of unbranched alkanes of at least 4 members (excludes halogenated alkanes) is 5. The summed E-state index contributed by atoms with van der Waals surface area (Å²) in [6.45, 7) is 16.4. The van der Waals surface area contributed by atoms with Crippen molar-refractivity contribution in [1.82, 2.24) is 0 Å². The Morgan fingerprint density at radius 2 is 1.33 bits per heavy atom. The normalized spacial score (nSPS) is 13.0. The van der Waals surface area contributed by atoms with Gasteiger partial charge in [0.25, 0.3) is 0 Å². The molecule has 0 rings (SSSR count). The van der Waals surface area contributed by atoms with E-state index in [-0.39, 0.29) is 5.41 Å². The number of hydrogen-bond acceptors (Lipinski definition) is 0. The highest BCUT2D eigenvalue weighted by molar-refractivity contribution is 5.18. The third kappa shape index (κ3) is 5.25. The lowest BCUT2D eigenvalue weighted by Crippen LogP contribution is -2.23. The number of hydrogen-bond donors (Lipinski definition) is 0. The van der Waals surface area contributed by atoms with Gasteiger partial charge in [0.2, 0.25) is 0 Å². The molecule has 0 fully saturated rings. The van der Waals surface area contributed by atoms with E-state index >= 15 is 0 Å². The van der Waals surface area contributed by atoms with Crippen LogP contribution >= 0.6 is 0 Å². The van der Waals surface area contributed by atoms with Gasteiger partial charge in [0, 0.05) is 5.41 Å². The molecule has 0 heterocycles. The minimum Gasteiger partial charge on any atom is -0.102 e. The summed E-state index contributed by atoms with van der Waals surface area (Å²) in [7, 11) is 0. The summed E-state index contributed by atoms with van der Waals surface area (Å²) < 4.78 is 0. The van der Waals surface area contributed by atoms with Crippen molar-refractivity contribution in [3.63, 3.8) is 0 Å². The Morgan fingerprint density at radius 1 is 0.833 bits per heavy atom. The van der Waals surface area contributed by atoms with Gasteiger partial charge in [-0.05, 0) is 12.3 Å². The summed E-state index contributed by atoms with van der Waals surface area (Å²) in [6, 6.07) is 0.